The van der Waals surface area contributed by atoms with Crippen molar-refractivity contribution in [3.8, 4) is 0 Å². The summed E-state index contributed by atoms with van der Waals surface area (Å²) in [4.78, 5) is 23.0. The van der Waals surface area contributed by atoms with Crippen molar-refractivity contribution in [2.24, 2.45) is 11.3 Å². The van der Waals surface area contributed by atoms with Crippen LogP contribution in [0.25, 0.3) is 0 Å². The zero-order valence-electron chi connectivity index (χ0n) is 15.6. The topological polar surface area (TPSA) is 70.2 Å². The van der Waals surface area contributed by atoms with Gasteiger partial charge < -0.3 is 16.0 Å². The minimum Gasteiger partial charge on any atom is -0.355 e. The number of carbonyl (C=O) groups excluding carboxylic acids is 2. The van der Waals surface area contributed by atoms with Crippen molar-refractivity contribution in [2.75, 3.05) is 26.2 Å². The first kappa shape index (κ1) is 23.2. The maximum absolute atomic E-state index is 12.0. The lowest BCUT2D eigenvalue weighted by Gasteiger charge is -2.25. The highest BCUT2D eigenvalue weighted by Crippen LogP contribution is 2.25. The maximum Gasteiger partial charge on any atom is 0.225 e. The summed E-state index contributed by atoms with van der Waals surface area (Å²) >= 11 is 0. The summed E-state index contributed by atoms with van der Waals surface area (Å²) in [6, 6.07) is 0. The summed E-state index contributed by atoms with van der Waals surface area (Å²) in [5.74, 6) is 0.680. The quantitative estimate of drug-likeness (QED) is 0.542. The average Bonchev–Trinajstić information content (AvgIpc) is 2.46. The molecular weight excluding hydrogens is 278 g/mol. The first-order valence-corrected chi connectivity index (χ1v) is 8.55. The second-order valence-corrected chi connectivity index (χ2v) is 6.19. The number of nitrogens with one attached hydrogen (secondary N) is 3. The Morgan fingerprint density at radius 2 is 1.45 bits per heavy atom. The Labute approximate surface area is 137 Å². The van der Waals surface area contributed by atoms with E-state index < -0.39 is 0 Å². The highest BCUT2D eigenvalue weighted by molar-refractivity contribution is 5.81. The summed E-state index contributed by atoms with van der Waals surface area (Å²) < 4.78 is 0. The Kier molecular flexibility index (Phi) is 14.3. The average molecular weight is 316 g/mol. The Balaban J connectivity index is 0. The maximum atomic E-state index is 12.0. The van der Waals surface area contributed by atoms with Crippen molar-refractivity contribution >= 4 is 11.8 Å². The molecule has 0 aromatic carbocycles. The third-order valence-electron chi connectivity index (χ3n) is 3.07. The molecule has 0 aliphatic carbocycles. The van der Waals surface area contributed by atoms with Crippen LogP contribution < -0.4 is 16.0 Å². The van der Waals surface area contributed by atoms with Crippen LogP contribution in [0, 0.1) is 11.3 Å². The third kappa shape index (κ3) is 12.6. The minimum atomic E-state index is -0.316. The smallest absolute Gasteiger partial charge is 0.225 e. The van der Waals surface area contributed by atoms with Crippen molar-refractivity contribution in [2.45, 2.75) is 61.3 Å². The van der Waals surface area contributed by atoms with Gasteiger partial charge in [0.05, 0.1) is 0 Å². The SMILES string of the molecule is CC.CCC(=O)NCCNCCNC(=O)C(C)(C)CC(C)C. The molecule has 0 radical (unpaired) electrons. The van der Waals surface area contributed by atoms with Crippen LogP contribution in [-0.2, 0) is 9.59 Å². The predicted molar refractivity (Wildman–Crippen MR) is 93.8 cm³/mol. The number of hydrogen-bond donors (Lipinski definition) is 3. The van der Waals surface area contributed by atoms with Gasteiger partial charge in [0.1, 0.15) is 0 Å². The zero-order valence-corrected chi connectivity index (χ0v) is 15.6. The molecule has 0 aromatic rings. The standard InChI is InChI=1S/C15H31N3O2.C2H6/c1-6-13(19)17-9-7-16-8-10-18-14(20)15(4,5)11-12(2)3;1-2/h12,16H,6-11H2,1-5H3,(H,17,19)(H,18,20);1-2H3. The lowest BCUT2D eigenvalue weighted by Crippen LogP contribution is -2.41. The third-order valence-corrected chi connectivity index (χ3v) is 3.07. The summed E-state index contributed by atoms with van der Waals surface area (Å²) in [5, 5.41) is 8.92. The van der Waals surface area contributed by atoms with Crippen molar-refractivity contribution in [3.05, 3.63) is 0 Å². The van der Waals surface area contributed by atoms with Crippen LogP contribution in [-0.4, -0.2) is 38.0 Å². The van der Waals surface area contributed by atoms with Gasteiger partial charge in [-0.1, -0.05) is 48.5 Å². The van der Waals surface area contributed by atoms with E-state index in [2.05, 4.69) is 29.8 Å². The zero-order chi connectivity index (χ0) is 17.6. The fourth-order valence-corrected chi connectivity index (χ4v) is 2.16. The molecule has 2 amide bonds. The van der Waals surface area contributed by atoms with E-state index in [0.717, 1.165) is 13.0 Å². The van der Waals surface area contributed by atoms with Gasteiger partial charge in [-0.05, 0) is 12.3 Å². The molecule has 0 unspecified atom stereocenters. The van der Waals surface area contributed by atoms with Gasteiger partial charge in [-0.2, -0.15) is 0 Å². The van der Waals surface area contributed by atoms with Crippen molar-refractivity contribution in [3.63, 3.8) is 0 Å². The fraction of sp³-hybridized carbons (Fsp3) is 0.882. The molecule has 0 fully saturated rings. The lowest BCUT2D eigenvalue weighted by molar-refractivity contribution is -0.130. The van der Waals surface area contributed by atoms with Gasteiger partial charge in [0.25, 0.3) is 0 Å². The molecule has 0 aromatic heterocycles. The van der Waals surface area contributed by atoms with E-state index in [4.69, 9.17) is 0 Å². The van der Waals surface area contributed by atoms with E-state index in [9.17, 15) is 9.59 Å². The van der Waals surface area contributed by atoms with Crippen LogP contribution >= 0.6 is 0 Å². The van der Waals surface area contributed by atoms with Crippen molar-refractivity contribution < 1.29 is 9.59 Å². The van der Waals surface area contributed by atoms with Gasteiger partial charge in [-0.3, -0.25) is 9.59 Å². The molecule has 0 spiro atoms. The van der Waals surface area contributed by atoms with E-state index in [-0.39, 0.29) is 17.2 Å². The van der Waals surface area contributed by atoms with Crippen LogP contribution in [0.2, 0.25) is 0 Å². The van der Waals surface area contributed by atoms with Gasteiger partial charge in [-0.15, -0.1) is 0 Å². The number of carbonyl (C=O) groups is 2. The van der Waals surface area contributed by atoms with Gasteiger partial charge in [0.2, 0.25) is 11.8 Å². The predicted octanol–water partition coefficient (Wildman–Crippen LogP) is 2.32. The highest BCUT2D eigenvalue weighted by Gasteiger charge is 2.27. The van der Waals surface area contributed by atoms with E-state index >= 15 is 0 Å². The largest absolute Gasteiger partial charge is 0.355 e. The Bertz CT molecular complexity index is 302. The molecule has 3 N–H and O–H groups in total. The number of amides is 2. The molecule has 0 heterocycles. The van der Waals surface area contributed by atoms with Gasteiger partial charge in [0.15, 0.2) is 0 Å². The Morgan fingerprint density at radius 3 is 1.91 bits per heavy atom. The second-order valence-electron chi connectivity index (χ2n) is 6.19. The number of rotatable bonds is 10. The monoisotopic (exact) mass is 315 g/mol. The fourth-order valence-electron chi connectivity index (χ4n) is 2.16. The second kappa shape index (κ2) is 13.6. The lowest BCUT2D eigenvalue weighted by atomic mass is 9.83. The summed E-state index contributed by atoms with van der Waals surface area (Å²) in [6.45, 7) is 16.7. The van der Waals surface area contributed by atoms with E-state index in [1.54, 1.807) is 0 Å². The molecule has 22 heavy (non-hydrogen) atoms. The molecule has 132 valence electrons. The highest BCUT2D eigenvalue weighted by atomic mass is 16.2. The van der Waals surface area contributed by atoms with Crippen LogP contribution in [0.4, 0.5) is 0 Å². The van der Waals surface area contributed by atoms with Crippen LogP contribution in [0.3, 0.4) is 0 Å². The molecule has 0 bridgehead atoms. The molecule has 0 saturated carbocycles. The number of hydrogen-bond acceptors (Lipinski definition) is 3. The summed E-state index contributed by atoms with van der Waals surface area (Å²) in [6.07, 6.45) is 1.40. The first-order chi connectivity index (χ1) is 10.3. The van der Waals surface area contributed by atoms with E-state index in [0.29, 0.717) is 32.0 Å². The molecule has 0 saturated heterocycles. The van der Waals surface area contributed by atoms with Gasteiger partial charge in [0, 0.05) is 38.0 Å². The normalized spacial score (nSPS) is 10.7. The molecule has 5 heteroatoms. The van der Waals surface area contributed by atoms with Crippen molar-refractivity contribution in [1.82, 2.24) is 16.0 Å². The molecule has 0 atom stereocenters. The van der Waals surface area contributed by atoms with Gasteiger partial charge >= 0.3 is 0 Å². The molecular formula is C17H37N3O2. The summed E-state index contributed by atoms with van der Waals surface area (Å²) in [5.41, 5.74) is -0.316. The van der Waals surface area contributed by atoms with Crippen molar-refractivity contribution in [1.29, 1.82) is 0 Å². The van der Waals surface area contributed by atoms with Crippen LogP contribution in [0.1, 0.15) is 61.3 Å². The molecule has 0 aliphatic rings. The summed E-state index contributed by atoms with van der Waals surface area (Å²) in [7, 11) is 0. The first-order valence-electron chi connectivity index (χ1n) is 8.55. The van der Waals surface area contributed by atoms with E-state index in [1.165, 1.54) is 0 Å². The Hall–Kier alpha value is -1.10. The minimum absolute atomic E-state index is 0.0653. The van der Waals surface area contributed by atoms with Crippen LogP contribution in [0.15, 0.2) is 0 Å². The van der Waals surface area contributed by atoms with E-state index in [1.807, 2.05) is 34.6 Å². The Morgan fingerprint density at radius 1 is 0.955 bits per heavy atom. The molecule has 0 aliphatic heterocycles. The molecule has 0 rings (SSSR count). The molecule has 5 nitrogen and oxygen atoms in total. The van der Waals surface area contributed by atoms with Crippen LogP contribution in [0.5, 0.6) is 0 Å². The van der Waals surface area contributed by atoms with Gasteiger partial charge in [-0.25, -0.2) is 0 Å².